The third-order valence-corrected chi connectivity index (χ3v) is 6.31. The molecule has 1 fully saturated rings. The maximum Gasteiger partial charge on any atom is 0.152 e. The summed E-state index contributed by atoms with van der Waals surface area (Å²) in [6.07, 6.45) is 0.634. The van der Waals surface area contributed by atoms with E-state index in [1.54, 1.807) is 0 Å². The Labute approximate surface area is 160 Å². The van der Waals surface area contributed by atoms with E-state index in [-0.39, 0.29) is 17.5 Å². The summed E-state index contributed by atoms with van der Waals surface area (Å²) >= 11 is 0. The number of rotatable bonds is 7. The second-order valence-corrected chi connectivity index (χ2v) is 8.78. The zero-order valence-corrected chi connectivity index (χ0v) is 16.8. The summed E-state index contributed by atoms with van der Waals surface area (Å²) in [6.45, 7) is 7.05. The Balaban J connectivity index is 1.88. The molecule has 1 aliphatic heterocycles. The van der Waals surface area contributed by atoms with E-state index < -0.39 is 9.84 Å². The molecule has 1 aromatic carbocycles. The van der Waals surface area contributed by atoms with Crippen LogP contribution in [0.1, 0.15) is 26.1 Å². The molecule has 0 aliphatic carbocycles. The molecule has 27 heavy (non-hydrogen) atoms. The number of ether oxygens (including phenoxy) is 1. The maximum absolute atomic E-state index is 11.9. The van der Waals surface area contributed by atoms with Crippen LogP contribution in [0.2, 0.25) is 0 Å². The summed E-state index contributed by atoms with van der Waals surface area (Å²) in [6, 6.07) is 9.52. The highest BCUT2D eigenvalue weighted by Crippen LogP contribution is 2.29. The molecule has 1 aliphatic rings. The average molecular weight is 391 g/mol. The van der Waals surface area contributed by atoms with Crippen LogP contribution in [0.5, 0.6) is 5.75 Å². The van der Waals surface area contributed by atoms with Crippen molar-refractivity contribution < 1.29 is 13.2 Å². The Hall–Kier alpha value is -2.35. The smallest absolute Gasteiger partial charge is 0.152 e. The molecule has 7 nitrogen and oxygen atoms in total. The van der Waals surface area contributed by atoms with Crippen LogP contribution in [-0.2, 0) is 9.84 Å². The van der Waals surface area contributed by atoms with E-state index in [0.717, 1.165) is 17.3 Å². The minimum absolute atomic E-state index is 0.0436. The van der Waals surface area contributed by atoms with E-state index in [1.807, 2.05) is 51.1 Å². The molecular weight excluding hydrogens is 364 g/mol. The fourth-order valence-electron chi connectivity index (χ4n) is 3.38. The Morgan fingerprint density at radius 3 is 2.70 bits per heavy atom. The van der Waals surface area contributed by atoms with Crippen molar-refractivity contribution in [3.63, 3.8) is 0 Å². The van der Waals surface area contributed by atoms with Gasteiger partial charge in [-0.3, -0.25) is 0 Å². The number of benzene rings is 1. The zero-order valence-electron chi connectivity index (χ0n) is 16.0. The van der Waals surface area contributed by atoms with Gasteiger partial charge >= 0.3 is 0 Å². The number of para-hydroxylation sites is 2. The number of nitrogens with one attached hydrogen (secondary N) is 1. The van der Waals surface area contributed by atoms with Crippen LogP contribution >= 0.6 is 0 Å². The van der Waals surface area contributed by atoms with Gasteiger partial charge in [0.25, 0.3) is 0 Å². The average Bonchev–Trinajstić information content (AvgIpc) is 2.97. The van der Waals surface area contributed by atoms with Crippen LogP contribution in [0.15, 0.2) is 30.3 Å². The van der Waals surface area contributed by atoms with E-state index >= 15 is 0 Å². The SMILES string of the molecule is CCOc1ccccc1Nc1cc(N(CC)C2CCS(=O)(=O)C2)nc(C)n1. The van der Waals surface area contributed by atoms with Crippen molar-refractivity contribution in [2.45, 2.75) is 33.2 Å². The fraction of sp³-hybridized carbons (Fsp3) is 0.474. The number of hydrogen-bond donors (Lipinski definition) is 1. The lowest BCUT2D eigenvalue weighted by atomic mass is 10.2. The minimum atomic E-state index is -2.96. The lowest BCUT2D eigenvalue weighted by molar-refractivity contribution is 0.342. The second-order valence-electron chi connectivity index (χ2n) is 6.56. The maximum atomic E-state index is 11.9. The van der Waals surface area contributed by atoms with E-state index in [1.165, 1.54) is 0 Å². The van der Waals surface area contributed by atoms with Crippen LogP contribution in [0.25, 0.3) is 0 Å². The Morgan fingerprint density at radius 1 is 1.26 bits per heavy atom. The number of nitrogens with zero attached hydrogens (tertiary/aromatic N) is 3. The first-order valence-electron chi connectivity index (χ1n) is 9.23. The van der Waals surface area contributed by atoms with Gasteiger partial charge in [0.1, 0.15) is 23.2 Å². The lowest BCUT2D eigenvalue weighted by Gasteiger charge is -2.28. The largest absolute Gasteiger partial charge is 0.492 e. The van der Waals surface area contributed by atoms with Gasteiger partial charge in [-0.1, -0.05) is 12.1 Å². The molecule has 2 heterocycles. The summed E-state index contributed by atoms with van der Waals surface area (Å²) in [4.78, 5) is 11.1. The van der Waals surface area contributed by atoms with Crippen molar-refractivity contribution in [3.05, 3.63) is 36.2 Å². The summed E-state index contributed by atoms with van der Waals surface area (Å²) in [7, 11) is -2.96. The highest BCUT2D eigenvalue weighted by molar-refractivity contribution is 7.91. The number of hydrogen-bond acceptors (Lipinski definition) is 7. The topological polar surface area (TPSA) is 84.4 Å². The van der Waals surface area contributed by atoms with Gasteiger partial charge in [-0.15, -0.1) is 0 Å². The molecular formula is C19H26N4O3S. The molecule has 2 aromatic rings. The molecule has 0 radical (unpaired) electrons. The predicted octanol–water partition coefficient (Wildman–Crippen LogP) is 2.94. The van der Waals surface area contributed by atoms with E-state index in [0.29, 0.717) is 31.2 Å². The van der Waals surface area contributed by atoms with E-state index in [4.69, 9.17) is 4.74 Å². The first-order chi connectivity index (χ1) is 12.9. The number of sulfone groups is 1. The van der Waals surface area contributed by atoms with Gasteiger partial charge in [0.05, 0.1) is 23.8 Å². The van der Waals surface area contributed by atoms with Crippen molar-refractivity contribution in [2.75, 3.05) is 34.9 Å². The standard InChI is InChI=1S/C19H26N4O3S/c1-4-23(15-10-11-27(24,25)13-15)19-12-18(20-14(3)21-19)22-16-8-6-7-9-17(16)26-5-2/h6-9,12,15H,4-5,10-11,13H2,1-3H3,(H,20,21,22). The van der Waals surface area contributed by atoms with Crippen LogP contribution in [0.3, 0.4) is 0 Å². The fourth-order valence-corrected chi connectivity index (χ4v) is 5.11. The zero-order chi connectivity index (χ0) is 19.4. The molecule has 8 heteroatoms. The molecule has 146 valence electrons. The molecule has 1 aromatic heterocycles. The van der Waals surface area contributed by atoms with Gasteiger partial charge in [-0.05, 0) is 39.3 Å². The van der Waals surface area contributed by atoms with Gasteiger partial charge in [0.2, 0.25) is 0 Å². The lowest BCUT2D eigenvalue weighted by Crippen LogP contribution is -2.37. The van der Waals surface area contributed by atoms with Gasteiger partial charge in [0, 0.05) is 18.7 Å². The number of anilines is 3. The van der Waals surface area contributed by atoms with Crippen molar-refractivity contribution in [3.8, 4) is 5.75 Å². The monoisotopic (exact) mass is 390 g/mol. The Kier molecular flexibility index (Phi) is 5.84. The molecule has 0 amide bonds. The van der Waals surface area contributed by atoms with Crippen LogP contribution in [-0.4, -0.2) is 49.1 Å². The Morgan fingerprint density at radius 2 is 2.04 bits per heavy atom. The minimum Gasteiger partial charge on any atom is -0.492 e. The second kappa shape index (κ2) is 8.12. The number of aromatic nitrogens is 2. The summed E-state index contributed by atoms with van der Waals surface area (Å²) in [5, 5.41) is 3.30. The highest BCUT2D eigenvalue weighted by atomic mass is 32.2. The Bertz CT molecular complexity index is 902. The molecule has 0 bridgehead atoms. The van der Waals surface area contributed by atoms with Crippen LogP contribution < -0.4 is 15.0 Å². The third-order valence-electron chi connectivity index (χ3n) is 4.56. The molecule has 0 spiro atoms. The highest BCUT2D eigenvalue weighted by Gasteiger charge is 2.32. The van der Waals surface area contributed by atoms with Crippen molar-refractivity contribution in [2.24, 2.45) is 0 Å². The molecule has 1 saturated heterocycles. The first-order valence-corrected chi connectivity index (χ1v) is 11.1. The van der Waals surface area contributed by atoms with Gasteiger partial charge < -0.3 is 15.0 Å². The van der Waals surface area contributed by atoms with Crippen molar-refractivity contribution >= 4 is 27.2 Å². The van der Waals surface area contributed by atoms with Crippen molar-refractivity contribution in [1.82, 2.24) is 9.97 Å². The van der Waals surface area contributed by atoms with E-state index in [9.17, 15) is 8.42 Å². The third kappa shape index (κ3) is 4.68. The first kappa shape index (κ1) is 19.4. The van der Waals surface area contributed by atoms with Gasteiger partial charge in [0.15, 0.2) is 9.84 Å². The van der Waals surface area contributed by atoms with Gasteiger partial charge in [-0.25, -0.2) is 18.4 Å². The molecule has 0 saturated carbocycles. The van der Waals surface area contributed by atoms with Crippen LogP contribution in [0, 0.1) is 6.92 Å². The quantitative estimate of drug-likeness (QED) is 0.778. The molecule has 1 N–H and O–H groups in total. The number of aryl methyl sites for hydroxylation is 1. The predicted molar refractivity (Wildman–Crippen MR) is 108 cm³/mol. The van der Waals surface area contributed by atoms with E-state index in [2.05, 4.69) is 20.2 Å². The molecule has 1 unspecified atom stereocenters. The van der Waals surface area contributed by atoms with Crippen LogP contribution in [0.4, 0.5) is 17.3 Å². The van der Waals surface area contributed by atoms with Crippen molar-refractivity contribution in [1.29, 1.82) is 0 Å². The summed E-state index contributed by atoms with van der Waals surface area (Å²) in [5.74, 6) is 3.20. The normalized spacial score (nSPS) is 18.3. The summed E-state index contributed by atoms with van der Waals surface area (Å²) < 4.78 is 29.4. The summed E-state index contributed by atoms with van der Waals surface area (Å²) in [5.41, 5.74) is 0.829. The van der Waals surface area contributed by atoms with Gasteiger partial charge in [-0.2, -0.15) is 0 Å². The molecule has 3 rings (SSSR count). The molecule has 1 atom stereocenters.